The molecule has 1 aliphatic carbocycles. The summed E-state index contributed by atoms with van der Waals surface area (Å²) >= 11 is 0. The Bertz CT molecular complexity index is 453. The van der Waals surface area contributed by atoms with Crippen molar-refractivity contribution in [3.05, 3.63) is 11.6 Å². The molecule has 0 aromatic carbocycles. The average Bonchev–Trinajstić information content (AvgIpc) is 2.11. The number of ketones is 2. The lowest BCUT2D eigenvalue weighted by Gasteiger charge is -2.39. The molecular formula is C15H22O4. The first-order valence-corrected chi connectivity index (χ1v) is 6.48. The van der Waals surface area contributed by atoms with E-state index in [1.807, 2.05) is 0 Å². The van der Waals surface area contributed by atoms with Gasteiger partial charge in [-0.3, -0.25) is 14.4 Å². The second-order valence-corrected chi connectivity index (χ2v) is 6.26. The maximum atomic E-state index is 12.5. The molecule has 0 radical (unpaired) electrons. The third kappa shape index (κ3) is 2.77. The molecule has 0 amide bonds. The second kappa shape index (κ2) is 4.91. The van der Waals surface area contributed by atoms with Crippen LogP contribution in [0, 0.1) is 11.3 Å². The molecule has 0 fully saturated rings. The van der Waals surface area contributed by atoms with Crippen molar-refractivity contribution in [3.8, 4) is 0 Å². The van der Waals surface area contributed by atoms with Crippen LogP contribution in [0.1, 0.15) is 48.0 Å². The quantitative estimate of drug-likeness (QED) is 0.569. The van der Waals surface area contributed by atoms with Crippen LogP contribution in [0.2, 0.25) is 0 Å². The van der Waals surface area contributed by atoms with Gasteiger partial charge in [-0.2, -0.15) is 0 Å². The summed E-state index contributed by atoms with van der Waals surface area (Å²) in [6, 6.07) is 0. The van der Waals surface area contributed by atoms with Gasteiger partial charge in [0.2, 0.25) is 0 Å². The van der Waals surface area contributed by atoms with E-state index < -0.39 is 17.0 Å². The highest BCUT2D eigenvalue weighted by molar-refractivity contribution is 6.09. The predicted molar refractivity (Wildman–Crippen MR) is 71.5 cm³/mol. The summed E-state index contributed by atoms with van der Waals surface area (Å²) in [6.45, 7) is 10.1. The van der Waals surface area contributed by atoms with Crippen LogP contribution in [0.25, 0.3) is 0 Å². The zero-order valence-electron chi connectivity index (χ0n) is 12.5. The molecular weight excluding hydrogens is 244 g/mol. The summed E-state index contributed by atoms with van der Waals surface area (Å²) in [6.07, 6.45) is 1.58. The molecule has 106 valence electrons. The Morgan fingerprint density at radius 3 is 2.26 bits per heavy atom. The van der Waals surface area contributed by atoms with E-state index in [1.165, 1.54) is 13.0 Å². The fourth-order valence-electron chi connectivity index (χ4n) is 2.75. The van der Waals surface area contributed by atoms with Crippen LogP contribution in [0.5, 0.6) is 0 Å². The fourth-order valence-corrected chi connectivity index (χ4v) is 2.75. The van der Waals surface area contributed by atoms with Crippen LogP contribution in [-0.2, 0) is 19.1 Å². The van der Waals surface area contributed by atoms with Gasteiger partial charge in [-0.05, 0) is 52.2 Å². The molecule has 1 aliphatic rings. The van der Waals surface area contributed by atoms with Crippen molar-refractivity contribution in [1.82, 2.24) is 0 Å². The van der Waals surface area contributed by atoms with Gasteiger partial charge < -0.3 is 4.74 Å². The summed E-state index contributed by atoms with van der Waals surface area (Å²) in [5.74, 6) is -1.25. The van der Waals surface area contributed by atoms with E-state index in [9.17, 15) is 14.4 Å². The standard InChI is InChI=1S/C15H22O4/c1-9-7-12(17)8-10(2)15(9,11(3)16)13(18)19-14(4,5)6/h7,10H,8H2,1-6H3/t10-,15+/m1/s1. The lowest BCUT2D eigenvalue weighted by Crippen LogP contribution is -2.50. The van der Waals surface area contributed by atoms with E-state index in [1.54, 1.807) is 34.6 Å². The number of ether oxygens (including phenoxy) is 1. The Morgan fingerprint density at radius 2 is 1.89 bits per heavy atom. The summed E-state index contributed by atoms with van der Waals surface area (Å²) in [5, 5.41) is 0. The van der Waals surface area contributed by atoms with E-state index in [2.05, 4.69) is 0 Å². The topological polar surface area (TPSA) is 60.4 Å². The van der Waals surface area contributed by atoms with E-state index in [0.29, 0.717) is 5.57 Å². The highest BCUT2D eigenvalue weighted by Gasteiger charge is 2.53. The molecule has 0 saturated carbocycles. The van der Waals surface area contributed by atoms with Gasteiger partial charge >= 0.3 is 5.97 Å². The van der Waals surface area contributed by atoms with E-state index >= 15 is 0 Å². The predicted octanol–water partition coefficient (Wildman–Crippen LogP) is 2.46. The Morgan fingerprint density at radius 1 is 1.37 bits per heavy atom. The monoisotopic (exact) mass is 266 g/mol. The number of Topliss-reactive ketones (excluding diaryl/α,β-unsaturated/α-hetero) is 1. The molecule has 0 heterocycles. The van der Waals surface area contributed by atoms with Gasteiger partial charge in [-0.1, -0.05) is 6.92 Å². The lowest BCUT2D eigenvalue weighted by atomic mass is 9.63. The highest BCUT2D eigenvalue weighted by Crippen LogP contribution is 2.43. The normalized spacial score (nSPS) is 27.8. The molecule has 2 atom stereocenters. The minimum Gasteiger partial charge on any atom is -0.459 e. The molecule has 0 bridgehead atoms. The van der Waals surface area contributed by atoms with Gasteiger partial charge in [0.05, 0.1) is 0 Å². The molecule has 1 rings (SSSR count). The first-order valence-electron chi connectivity index (χ1n) is 6.48. The number of rotatable bonds is 2. The largest absolute Gasteiger partial charge is 0.459 e. The lowest BCUT2D eigenvalue weighted by molar-refractivity contribution is -0.171. The van der Waals surface area contributed by atoms with Gasteiger partial charge in [0.15, 0.2) is 11.6 Å². The molecule has 4 nitrogen and oxygen atoms in total. The Balaban J connectivity index is 3.32. The van der Waals surface area contributed by atoms with Gasteiger partial charge in [-0.15, -0.1) is 0 Å². The highest BCUT2D eigenvalue weighted by atomic mass is 16.6. The molecule has 0 aromatic heterocycles. The number of hydrogen-bond acceptors (Lipinski definition) is 4. The van der Waals surface area contributed by atoms with Crippen LogP contribution in [-0.4, -0.2) is 23.1 Å². The van der Waals surface area contributed by atoms with Crippen molar-refractivity contribution < 1.29 is 19.1 Å². The fraction of sp³-hybridized carbons (Fsp3) is 0.667. The van der Waals surface area contributed by atoms with Crippen molar-refractivity contribution in [2.24, 2.45) is 11.3 Å². The van der Waals surface area contributed by atoms with Crippen molar-refractivity contribution in [2.45, 2.75) is 53.6 Å². The zero-order valence-corrected chi connectivity index (χ0v) is 12.5. The average molecular weight is 266 g/mol. The Kier molecular flexibility index (Phi) is 4.03. The van der Waals surface area contributed by atoms with Crippen LogP contribution >= 0.6 is 0 Å². The number of carbonyl (C=O) groups excluding carboxylic acids is 3. The number of allylic oxidation sites excluding steroid dienone is 1. The minimum atomic E-state index is -1.32. The van der Waals surface area contributed by atoms with Gasteiger partial charge in [0.25, 0.3) is 0 Å². The molecule has 0 aromatic rings. The first kappa shape index (κ1) is 15.6. The van der Waals surface area contributed by atoms with Crippen molar-refractivity contribution in [3.63, 3.8) is 0 Å². The number of carbonyl (C=O) groups is 3. The van der Waals surface area contributed by atoms with Crippen LogP contribution < -0.4 is 0 Å². The van der Waals surface area contributed by atoms with E-state index in [4.69, 9.17) is 4.74 Å². The third-order valence-electron chi connectivity index (χ3n) is 3.52. The van der Waals surface area contributed by atoms with Crippen molar-refractivity contribution in [1.29, 1.82) is 0 Å². The van der Waals surface area contributed by atoms with Gasteiger partial charge in [-0.25, -0.2) is 0 Å². The summed E-state index contributed by atoms with van der Waals surface area (Å²) in [5.41, 5.74) is -1.50. The molecule has 4 heteroatoms. The minimum absolute atomic E-state index is 0.0505. The number of hydrogen-bond donors (Lipinski definition) is 0. The van der Waals surface area contributed by atoms with Gasteiger partial charge in [0, 0.05) is 6.42 Å². The Labute approximate surface area is 114 Å². The van der Waals surface area contributed by atoms with Crippen LogP contribution in [0.15, 0.2) is 11.6 Å². The smallest absolute Gasteiger partial charge is 0.324 e. The van der Waals surface area contributed by atoms with Crippen LogP contribution in [0.3, 0.4) is 0 Å². The summed E-state index contributed by atoms with van der Waals surface area (Å²) in [4.78, 5) is 36.2. The SMILES string of the molecule is CC(=O)[C@]1(C(=O)OC(C)(C)C)C(C)=CC(=O)C[C@H]1C. The Hall–Kier alpha value is -1.45. The van der Waals surface area contributed by atoms with Crippen molar-refractivity contribution >= 4 is 17.5 Å². The maximum Gasteiger partial charge on any atom is 0.324 e. The summed E-state index contributed by atoms with van der Waals surface area (Å²) < 4.78 is 5.41. The molecule has 0 spiro atoms. The second-order valence-electron chi connectivity index (χ2n) is 6.26. The van der Waals surface area contributed by atoms with Gasteiger partial charge in [0.1, 0.15) is 11.0 Å². The van der Waals surface area contributed by atoms with E-state index in [-0.39, 0.29) is 23.9 Å². The first-order chi connectivity index (χ1) is 8.51. The van der Waals surface area contributed by atoms with Crippen molar-refractivity contribution in [2.75, 3.05) is 0 Å². The molecule has 0 unspecified atom stereocenters. The van der Waals surface area contributed by atoms with Crippen LogP contribution in [0.4, 0.5) is 0 Å². The molecule has 0 saturated heterocycles. The molecule has 0 aliphatic heterocycles. The zero-order chi connectivity index (χ0) is 15.0. The molecule has 19 heavy (non-hydrogen) atoms. The number of esters is 1. The summed E-state index contributed by atoms with van der Waals surface area (Å²) in [7, 11) is 0. The maximum absolute atomic E-state index is 12.5. The molecule has 0 N–H and O–H groups in total. The third-order valence-corrected chi connectivity index (χ3v) is 3.52. The van der Waals surface area contributed by atoms with E-state index in [0.717, 1.165) is 0 Å².